The summed E-state index contributed by atoms with van der Waals surface area (Å²) in [7, 11) is 0. The quantitative estimate of drug-likeness (QED) is 0.347. The second kappa shape index (κ2) is 9.49. The maximum absolute atomic E-state index is 9.92. The molecule has 1 atom stereocenters. The Kier molecular flexibility index (Phi) is 6.15. The number of aromatic nitrogens is 4. The van der Waals surface area contributed by atoms with Crippen LogP contribution in [0.15, 0.2) is 42.9 Å². The third-order valence-electron chi connectivity index (χ3n) is 7.32. The number of hydrogen-bond acceptors (Lipinski definition) is 7. The van der Waals surface area contributed by atoms with Crippen LogP contribution in [0, 0.1) is 16.7 Å². The number of hydrogen-bond donors (Lipinski definition) is 2. The van der Waals surface area contributed by atoms with Crippen LogP contribution in [0.5, 0.6) is 5.75 Å². The molecule has 0 aliphatic carbocycles. The molecular weight excluding hydrogens is 509 g/mol. The average Bonchev–Trinajstić information content (AvgIpc) is 3.30. The summed E-state index contributed by atoms with van der Waals surface area (Å²) in [5.74, 6) is 1.38. The maximum Gasteiger partial charge on any atom is 0.146 e. The number of anilines is 1. The third-order valence-corrected chi connectivity index (χ3v) is 7.92. The van der Waals surface area contributed by atoms with E-state index < -0.39 is 0 Å². The van der Waals surface area contributed by atoms with Gasteiger partial charge in [0.15, 0.2) is 0 Å². The molecule has 2 saturated heterocycles. The van der Waals surface area contributed by atoms with E-state index in [0.717, 1.165) is 48.5 Å². The summed E-state index contributed by atoms with van der Waals surface area (Å²) in [4.78, 5) is 10.9. The molecule has 8 nitrogen and oxygen atoms in total. The zero-order valence-electron chi connectivity index (χ0n) is 20.3. The minimum absolute atomic E-state index is 0.308. The summed E-state index contributed by atoms with van der Waals surface area (Å²) in [5, 5.41) is 22.8. The number of ether oxygens (including phenoxy) is 1. The van der Waals surface area contributed by atoms with E-state index >= 15 is 0 Å². The van der Waals surface area contributed by atoms with Crippen LogP contribution in [-0.2, 0) is 0 Å². The van der Waals surface area contributed by atoms with E-state index in [4.69, 9.17) is 32.9 Å². The number of H-pyrrole nitrogens is 1. The largest absolute Gasteiger partial charge is 0.486 e. The van der Waals surface area contributed by atoms with Gasteiger partial charge in [0.25, 0.3) is 0 Å². The van der Waals surface area contributed by atoms with Gasteiger partial charge in [0.1, 0.15) is 29.4 Å². The number of benzene rings is 1. The minimum atomic E-state index is -0.388. The molecule has 2 aliphatic heterocycles. The van der Waals surface area contributed by atoms with E-state index in [0.29, 0.717) is 38.0 Å². The van der Waals surface area contributed by atoms with E-state index in [1.54, 1.807) is 18.6 Å². The number of piperidine rings is 1. The number of pyridine rings is 2. The van der Waals surface area contributed by atoms with Crippen LogP contribution in [0.25, 0.3) is 22.2 Å². The first-order chi connectivity index (χ1) is 18.0. The minimum Gasteiger partial charge on any atom is -0.486 e. The van der Waals surface area contributed by atoms with Gasteiger partial charge in [-0.2, -0.15) is 10.4 Å². The van der Waals surface area contributed by atoms with Crippen LogP contribution >= 0.6 is 23.2 Å². The molecule has 37 heavy (non-hydrogen) atoms. The SMILES string of the molecule is C[C@@H](Oc1ccc2[nH]nc(-c3cnc(N4CC5(CCCNC5)C4)c(C#N)c3)c2c1)c1c(Cl)cncc1Cl. The van der Waals surface area contributed by atoms with Crippen molar-refractivity contribution in [1.29, 1.82) is 5.26 Å². The van der Waals surface area contributed by atoms with E-state index in [1.807, 2.05) is 31.2 Å². The Bertz CT molecular complexity index is 1490. The molecule has 6 rings (SSSR count). The number of rotatable bonds is 5. The van der Waals surface area contributed by atoms with Crippen molar-refractivity contribution < 1.29 is 4.74 Å². The van der Waals surface area contributed by atoms with Gasteiger partial charge in [-0.1, -0.05) is 23.2 Å². The fraction of sp³-hybridized carbons (Fsp3) is 0.333. The second-order valence-electron chi connectivity index (χ2n) is 9.90. The average molecular weight is 534 g/mol. The van der Waals surface area contributed by atoms with Crippen LogP contribution in [0.1, 0.15) is 37.0 Å². The van der Waals surface area contributed by atoms with Crippen molar-refractivity contribution in [1.82, 2.24) is 25.5 Å². The van der Waals surface area contributed by atoms with Crippen LogP contribution in [0.3, 0.4) is 0 Å². The van der Waals surface area contributed by atoms with Gasteiger partial charge in [-0.05, 0) is 50.6 Å². The molecule has 0 radical (unpaired) electrons. The first-order valence-electron chi connectivity index (χ1n) is 12.3. The molecule has 2 fully saturated rings. The van der Waals surface area contributed by atoms with Crippen molar-refractivity contribution in [2.75, 3.05) is 31.1 Å². The Hall–Kier alpha value is -3.38. The smallest absolute Gasteiger partial charge is 0.146 e. The van der Waals surface area contributed by atoms with Crippen molar-refractivity contribution in [3.8, 4) is 23.1 Å². The lowest BCUT2D eigenvalue weighted by Gasteiger charge is -2.53. The lowest BCUT2D eigenvalue weighted by Crippen LogP contribution is -2.62. The third kappa shape index (κ3) is 4.37. The number of nitrogens with one attached hydrogen (secondary N) is 2. The van der Waals surface area contributed by atoms with Gasteiger partial charge in [0, 0.05) is 60.2 Å². The number of aromatic amines is 1. The van der Waals surface area contributed by atoms with Crippen molar-refractivity contribution in [2.24, 2.45) is 5.41 Å². The Morgan fingerprint density at radius 1 is 1.16 bits per heavy atom. The molecule has 0 saturated carbocycles. The molecule has 188 valence electrons. The van der Waals surface area contributed by atoms with Gasteiger partial charge < -0.3 is 15.0 Å². The standard InChI is InChI=1S/C27H25Cl2N7O/c1-16(24-21(28)11-32-12-22(24)29)37-19-3-4-23-20(8-19)25(35-34-23)18-7-17(9-30)26(33-10-18)36-14-27(15-36)5-2-6-31-13-27/h3-4,7-8,10-12,16,31H,2,5-6,13-15H2,1H3,(H,34,35)/t16-/m1/s1. The number of nitriles is 1. The molecular formula is C27H25Cl2N7O. The van der Waals surface area contributed by atoms with Crippen LogP contribution in [0.4, 0.5) is 5.82 Å². The molecule has 1 aromatic carbocycles. The molecule has 3 aromatic heterocycles. The molecule has 2 aliphatic rings. The van der Waals surface area contributed by atoms with E-state index in [2.05, 4.69) is 31.5 Å². The molecule has 2 N–H and O–H groups in total. The lowest BCUT2D eigenvalue weighted by molar-refractivity contribution is 0.156. The molecule has 0 amide bonds. The highest BCUT2D eigenvalue weighted by atomic mass is 35.5. The zero-order chi connectivity index (χ0) is 25.6. The monoisotopic (exact) mass is 533 g/mol. The summed E-state index contributed by atoms with van der Waals surface area (Å²) < 4.78 is 6.18. The Morgan fingerprint density at radius 3 is 2.70 bits per heavy atom. The van der Waals surface area contributed by atoms with Gasteiger partial charge in [-0.3, -0.25) is 10.1 Å². The summed E-state index contributed by atoms with van der Waals surface area (Å²) in [6.07, 6.45) is 6.93. The first kappa shape index (κ1) is 24.0. The van der Waals surface area contributed by atoms with Crippen molar-refractivity contribution in [2.45, 2.75) is 25.9 Å². The molecule has 4 aromatic rings. The lowest BCUT2D eigenvalue weighted by atomic mass is 9.74. The van der Waals surface area contributed by atoms with E-state index in [1.165, 1.54) is 12.8 Å². The van der Waals surface area contributed by atoms with Gasteiger partial charge in [-0.15, -0.1) is 0 Å². The predicted octanol–water partition coefficient (Wildman–Crippen LogP) is 5.53. The molecule has 5 heterocycles. The summed E-state index contributed by atoms with van der Waals surface area (Å²) in [6, 6.07) is 9.91. The number of halogens is 2. The fourth-order valence-electron chi connectivity index (χ4n) is 5.49. The predicted molar refractivity (Wildman–Crippen MR) is 144 cm³/mol. The topological polar surface area (TPSA) is 103 Å². The normalized spacial score (nSPS) is 17.4. The zero-order valence-corrected chi connectivity index (χ0v) is 21.8. The Labute approximate surface area is 224 Å². The van der Waals surface area contributed by atoms with Crippen LogP contribution < -0.4 is 15.0 Å². The Morgan fingerprint density at radius 2 is 1.97 bits per heavy atom. The van der Waals surface area contributed by atoms with Gasteiger partial charge in [-0.25, -0.2) is 4.98 Å². The van der Waals surface area contributed by atoms with Crippen molar-refractivity contribution in [3.63, 3.8) is 0 Å². The van der Waals surface area contributed by atoms with E-state index in [-0.39, 0.29) is 6.10 Å². The van der Waals surface area contributed by atoms with E-state index in [9.17, 15) is 5.26 Å². The maximum atomic E-state index is 9.92. The molecule has 0 unspecified atom stereocenters. The van der Waals surface area contributed by atoms with Crippen molar-refractivity contribution in [3.05, 3.63) is 64.0 Å². The summed E-state index contributed by atoms with van der Waals surface area (Å²) >= 11 is 12.6. The Balaban J connectivity index is 1.27. The highest BCUT2D eigenvalue weighted by Gasteiger charge is 2.44. The second-order valence-corrected chi connectivity index (χ2v) is 10.7. The van der Waals surface area contributed by atoms with Gasteiger partial charge in [0.2, 0.25) is 0 Å². The number of fused-ring (bicyclic) bond motifs is 1. The first-order valence-corrected chi connectivity index (χ1v) is 13.0. The summed E-state index contributed by atoms with van der Waals surface area (Å²) in [5.41, 5.74) is 3.87. The number of nitrogens with zero attached hydrogens (tertiary/aromatic N) is 5. The fourth-order valence-corrected chi connectivity index (χ4v) is 6.17. The molecule has 10 heteroatoms. The van der Waals surface area contributed by atoms with Crippen LogP contribution in [-0.4, -0.2) is 46.3 Å². The molecule has 1 spiro atoms. The van der Waals surface area contributed by atoms with Gasteiger partial charge in [0.05, 0.1) is 21.1 Å². The van der Waals surface area contributed by atoms with Gasteiger partial charge >= 0.3 is 0 Å². The van der Waals surface area contributed by atoms with Crippen molar-refractivity contribution >= 4 is 39.9 Å². The molecule has 0 bridgehead atoms. The highest BCUT2D eigenvalue weighted by molar-refractivity contribution is 6.35. The summed E-state index contributed by atoms with van der Waals surface area (Å²) in [6.45, 7) is 5.87. The van der Waals surface area contributed by atoms with Crippen LogP contribution in [0.2, 0.25) is 10.0 Å². The highest BCUT2D eigenvalue weighted by Crippen LogP contribution is 2.40.